The minimum atomic E-state index is -0.392. The average Bonchev–Trinajstić information content (AvgIpc) is 2.42. The molecule has 4 nitrogen and oxygen atoms in total. The first kappa shape index (κ1) is 14.9. The van der Waals surface area contributed by atoms with Gasteiger partial charge in [-0.3, -0.25) is 4.79 Å². The number of para-hydroxylation sites is 1. The van der Waals surface area contributed by atoms with Crippen LogP contribution in [0.25, 0.3) is 0 Å². The minimum Gasteiger partial charge on any atom is -0.372 e. The molecule has 0 saturated heterocycles. The first-order valence-corrected chi connectivity index (χ1v) is 6.75. The summed E-state index contributed by atoms with van der Waals surface area (Å²) >= 11 is 18.0. The van der Waals surface area contributed by atoms with Gasteiger partial charge in [-0.05, 0) is 18.2 Å². The normalized spacial score (nSPS) is 10.2. The highest BCUT2D eigenvalue weighted by molar-refractivity contribution is 6.40. The van der Waals surface area contributed by atoms with Gasteiger partial charge in [-0.25, -0.2) is 4.98 Å². The third-order valence-electron chi connectivity index (χ3n) is 2.54. The molecule has 1 aromatic carbocycles. The van der Waals surface area contributed by atoms with Crippen LogP contribution in [0, 0.1) is 0 Å². The van der Waals surface area contributed by atoms with E-state index in [1.54, 1.807) is 25.2 Å². The molecule has 7 heteroatoms. The van der Waals surface area contributed by atoms with E-state index in [9.17, 15) is 4.79 Å². The van der Waals surface area contributed by atoms with Gasteiger partial charge in [-0.2, -0.15) is 0 Å². The Bertz CT molecular complexity index is 641. The number of carbonyl (C=O) groups excluding carboxylic acids is 1. The van der Waals surface area contributed by atoms with Crippen LogP contribution in [0.4, 0.5) is 11.5 Å². The van der Waals surface area contributed by atoms with E-state index in [0.29, 0.717) is 32.1 Å². The number of rotatable bonds is 3. The summed E-state index contributed by atoms with van der Waals surface area (Å²) in [6, 6.07) is 6.48. The molecule has 0 spiro atoms. The number of pyridine rings is 1. The van der Waals surface area contributed by atoms with Crippen molar-refractivity contribution in [2.24, 2.45) is 0 Å². The lowest BCUT2D eigenvalue weighted by Gasteiger charge is -2.10. The second-order valence-electron chi connectivity index (χ2n) is 3.86. The van der Waals surface area contributed by atoms with Gasteiger partial charge in [0.1, 0.15) is 5.82 Å². The zero-order valence-electron chi connectivity index (χ0n) is 10.4. The zero-order chi connectivity index (χ0) is 14.7. The summed E-state index contributed by atoms with van der Waals surface area (Å²) in [4.78, 5) is 16.2. The van der Waals surface area contributed by atoms with Crippen molar-refractivity contribution in [2.75, 3.05) is 17.7 Å². The summed E-state index contributed by atoms with van der Waals surface area (Å²) in [7, 11) is 1.69. The molecule has 0 aliphatic carbocycles. The Morgan fingerprint density at radius 3 is 2.35 bits per heavy atom. The van der Waals surface area contributed by atoms with Gasteiger partial charge in [-0.1, -0.05) is 40.9 Å². The van der Waals surface area contributed by atoms with Gasteiger partial charge < -0.3 is 10.6 Å². The van der Waals surface area contributed by atoms with Gasteiger partial charge in [0.25, 0.3) is 5.91 Å². The van der Waals surface area contributed by atoms with Crippen molar-refractivity contribution in [1.82, 2.24) is 4.98 Å². The van der Waals surface area contributed by atoms with Crippen molar-refractivity contribution >= 4 is 52.2 Å². The predicted octanol–water partition coefficient (Wildman–Crippen LogP) is 4.34. The summed E-state index contributed by atoms with van der Waals surface area (Å²) < 4.78 is 0. The van der Waals surface area contributed by atoms with Crippen molar-refractivity contribution in [3.63, 3.8) is 0 Å². The highest BCUT2D eigenvalue weighted by atomic mass is 35.5. The summed E-state index contributed by atoms with van der Waals surface area (Å²) in [6.45, 7) is 0. The highest BCUT2D eigenvalue weighted by Crippen LogP contribution is 2.30. The molecule has 0 bridgehead atoms. The molecular weight excluding hydrogens is 321 g/mol. The molecule has 0 aliphatic heterocycles. The third-order valence-corrected chi connectivity index (χ3v) is 3.46. The number of hydrogen-bond donors (Lipinski definition) is 2. The van der Waals surface area contributed by atoms with Crippen molar-refractivity contribution in [1.29, 1.82) is 0 Å². The monoisotopic (exact) mass is 329 g/mol. The molecule has 1 amide bonds. The van der Waals surface area contributed by atoms with E-state index < -0.39 is 5.91 Å². The number of carbonyl (C=O) groups is 1. The fraction of sp³-hybridized carbons (Fsp3) is 0.0769. The number of halogens is 3. The molecule has 0 saturated carbocycles. The molecule has 104 valence electrons. The van der Waals surface area contributed by atoms with Gasteiger partial charge in [0.05, 0.1) is 26.3 Å². The number of benzene rings is 1. The van der Waals surface area contributed by atoms with E-state index >= 15 is 0 Å². The van der Waals surface area contributed by atoms with Crippen molar-refractivity contribution in [3.05, 3.63) is 51.1 Å². The molecule has 2 N–H and O–H groups in total. The maximum atomic E-state index is 12.1. The molecule has 0 radical (unpaired) electrons. The van der Waals surface area contributed by atoms with Crippen molar-refractivity contribution < 1.29 is 4.79 Å². The lowest BCUT2D eigenvalue weighted by molar-refractivity contribution is 0.102. The molecule has 20 heavy (non-hydrogen) atoms. The van der Waals surface area contributed by atoms with E-state index in [1.807, 2.05) is 0 Å². The van der Waals surface area contributed by atoms with E-state index in [-0.39, 0.29) is 0 Å². The predicted molar refractivity (Wildman–Crippen MR) is 83.2 cm³/mol. The van der Waals surface area contributed by atoms with Gasteiger partial charge in [0.15, 0.2) is 0 Å². The Hall–Kier alpha value is -1.49. The topological polar surface area (TPSA) is 54.0 Å². The van der Waals surface area contributed by atoms with E-state index in [0.717, 1.165) is 0 Å². The van der Waals surface area contributed by atoms with E-state index in [1.165, 1.54) is 12.3 Å². The third kappa shape index (κ3) is 3.15. The standard InChI is InChI=1S/C13H10Cl3N3O/c1-17-12-10(16)5-7(6-18-12)13(20)19-11-8(14)3-2-4-9(11)15/h2-6H,1H3,(H,17,18)(H,19,20). The maximum absolute atomic E-state index is 12.1. The van der Waals surface area contributed by atoms with Crippen LogP contribution >= 0.6 is 34.8 Å². The second-order valence-corrected chi connectivity index (χ2v) is 5.08. The number of anilines is 2. The summed E-state index contributed by atoms with van der Waals surface area (Å²) in [5.74, 6) is 0.107. The maximum Gasteiger partial charge on any atom is 0.257 e. The molecule has 1 heterocycles. The van der Waals surface area contributed by atoms with Gasteiger partial charge in [-0.15, -0.1) is 0 Å². The molecule has 0 aliphatic rings. The van der Waals surface area contributed by atoms with Gasteiger partial charge >= 0.3 is 0 Å². The fourth-order valence-corrected chi connectivity index (χ4v) is 2.30. The molecule has 1 aromatic heterocycles. The number of aromatic nitrogens is 1. The van der Waals surface area contributed by atoms with Crippen LogP contribution < -0.4 is 10.6 Å². The molecule has 2 rings (SSSR count). The summed E-state index contributed by atoms with van der Waals surface area (Å²) in [6.07, 6.45) is 1.41. The van der Waals surface area contributed by atoms with Crippen LogP contribution in [0.3, 0.4) is 0 Å². The van der Waals surface area contributed by atoms with Crippen LogP contribution in [-0.2, 0) is 0 Å². The number of nitrogens with one attached hydrogen (secondary N) is 2. The van der Waals surface area contributed by atoms with Crippen LogP contribution in [0.15, 0.2) is 30.5 Å². The lowest BCUT2D eigenvalue weighted by Crippen LogP contribution is -2.13. The highest BCUT2D eigenvalue weighted by Gasteiger charge is 2.13. The van der Waals surface area contributed by atoms with Gasteiger partial charge in [0.2, 0.25) is 0 Å². The molecular formula is C13H10Cl3N3O. The van der Waals surface area contributed by atoms with Crippen molar-refractivity contribution in [2.45, 2.75) is 0 Å². The smallest absolute Gasteiger partial charge is 0.257 e. The molecule has 0 fully saturated rings. The van der Waals surface area contributed by atoms with Crippen LogP contribution in [-0.4, -0.2) is 17.9 Å². The van der Waals surface area contributed by atoms with Crippen LogP contribution in [0.5, 0.6) is 0 Å². The van der Waals surface area contributed by atoms with E-state index in [2.05, 4.69) is 15.6 Å². The summed E-state index contributed by atoms with van der Waals surface area (Å²) in [5.41, 5.74) is 0.666. The quantitative estimate of drug-likeness (QED) is 0.880. The number of amides is 1. The molecule has 0 unspecified atom stereocenters. The number of nitrogens with zero attached hydrogens (tertiary/aromatic N) is 1. The minimum absolute atomic E-state index is 0.310. The Morgan fingerprint density at radius 1 is 1.15 bits per heavy atom. The summed E-state index contributed by atoms with van der Waals surface area (Å²) in [5, 5.41) is 6.52. The fourth-order valence-electron chi connectivity index (χ4n) is 1.55. The Morgan fingerprint density at radius 2 is 1.80 bits per heavy atom. The largest absolute Gasteiger partial charge is 0.372 e. The van der Waals surface area contributed by atoms with Crippen molar-refractivity contribution in [3.8, 4) is 0 Å². The lowest BCUT2D eigenvalue weighted by atomic mass is 10.2. The van der Waals surface area contributed by atoms with Gasteiger partial charge in [0, 0.05) is 13.2 Å². The zero-order valence-corrected chi connectivity index (χ0v) is 12.6. The Kier molecular flexibility index (Phi) is 4.70. The average molecular weight is 331 g/mol. The first-order chi connectivity index (χ1) is 9.52. The van der Waals surface area contributed by atoms with Crippen LogP contribution in [0.1, 0.15) is 10.4 Å². The first-order valence-electron chi connectivity index (χ1n) is 5.61. The number of hydrogen-bond acceptors (Lipinski definition) is 3. The Labute approximate surface area is 131 Å². The molecule has 0 atom stereocenters. The second kappa shape index (κ2) is 6.31. The Balaban J connectivity index is 2.26. The van der Waals surface area contributed by atoms with E-state index in [4.69, 9.17) is 34.8 Å². The molecule has 2 aromatic rings. The van der Waals surface area contributed by atoms with Crippen LogP contribution in [0.2, 0.25) is 15.1 Å². The SMILES string of the molecule is CNc1ncc(C(=O)Nc2c(Cl)cccc2Cl)cc1Cl.